The summed E-state index contributed by atoms with van der Waals surface area (Å²) in [6.45, 7) is 1.21. The fourth-order valence-electron chi connectivity index (χ4n) is 1.66. The predicted molar refractivity (Wildman–Crippen MR) is 82.5 cm³/mol. The first-order valence-electron chi connectivity index (χ1n) is 6.25. The van der Waals surface area contributed by atoms with Crippen molar-refractivity contribution < 1.29 is 9.47 Å². The number of thioether (sulfide) groups is 1. The second-order valence-electron chi connectivity index (χ2n) is 4.01. The van der Waals surface area contributed by atoms with Crippen LogP contribution in [0.3, 0.4) is 0 Å². The van der Waals surface area contributed by atoms with Gasteiger partial charge in [-0.3, -0.25) is 0 Å². The van der Waals surface area contributed by atoms with Crippen molar-refractivity contribution in [1.82, 2.24) is 14.9 Å². The van der Waals surface area contributed by atoms with Crippen molar-refractivity contribution in [3.63, 3.8) is 0 Å². The minimum absolute atomic E-state index is 0.298. The van der Waals surface area contributed by atoms with E-state index in [1.807, 2.05) is 30.5 Å². The van der Waals surface area contributed by atoms with Crippen molar-refractivity contribution >= 4 is 11.8 Å². The Hall–Kier alpha value is -2.17. The van der Waals surface area contributed by atoms with Gasteiger partial charge in [-0.15, -0.1) is 16.6 Å². The molecule has 1 aromatic heterocycles. The molecule has 0 fully saturated rings. The second kappa shape index (κ2) is 7.57. The van der Waals surface area contributed by atoms with Gasteiger partial charge in [0.05, 0.1) is 6.61 Å². The smallest absolute Gasteiger partial charge is 0.209 e. The highest BCUT2D eigenvalue weighted by Gasteiger charge is 2.10. The van der Waals surface area contributed by atoms with Gasteiger partial charge in [0.2, 0.25) is 5.16 Å². The number of benzene rings is 1. The lowest BCUT2D eigenvalue weighted by Crippen LogP contribution is -2.11. The van der Waals surface area contributed by atoms with Gasteiger partial charge in [-0.2, -0.15) is 0 Å². The third kappa shape index (κ3) is 3.90. The Morgan fingerprint density at radius 2 is 2.05 bits per heavy atom. The van der Waals surface area contributed by atoms with Crippen LogP contribution in [0.1, 0.15) is 0 Å². The molecule has 0 amide bonds. The summed E-state index contributed by atoms with van der Waals surface area (Å²) in [6, 6.07) is 7.47. The molecule has 1 heterocycles. The summed E-state index contributed by atoms with van der Waals surface area (Å²) in [5, 5.41) is 8.73. The monoisotopic (exact) mass is 304 g/mol. The summed E-state index contributed by atoms with van der Waals surface area (Å²) in [4.78, 5) is 0. The molecule has 0 aliphatic rings. The number of terminal acetylenes is 1. The number of rotatable bonds is 7. The van der Waals surface area contributed by atoms with Gasteiger partial charge < -0.3 is 15.3 Å². The maximum atomic E-state index is 5.92. The van der Waals surface area contributed by atoms with Gasteiger partial charge in [-0.05, 0) is 30.5 Å². The van der Waals surface area contributed by atoms with Crippen LogP contribution in [-0.4, -0.2) is 40.9 Å². The van der Waals surface area contributed by atoms with Crippen molar-refractivity contribution in [2.24, 2.45) is 0 Å². The maximum absolute atomic E-state index is 5.92. The first-order chi connectivity index (χ1) is 10.3. The van der Waals surface area contributed by atoms with Crippen LogP contribution < -0.4 is 10.6 Å². The summed E-state index contributed by atoms with van der Waals surface area (Å²) >= 11 is 1.44. The molecular formula is C14H16N4O2S. The van der Waals surface area contributed by atoms with Crippen LogP contribution in [-0.2, 0) is 4.74 Å². The molecule has 0 saturated heterocycles. The lowest BCUT2D eigenvalue weighted by Gasteiger charge is -2.07. The molecule has 0 spiro atoms. The van der Waals surface area contributed by atoms with Crippen LogP contribution >= 0.6 is 11.8 Å². The van der Waals surface area contributed by atoms with E-state index in [-0.39, 0.29) is 0 Å². The number of hydrogen-bond donors (Lipinski definition) is 1. The standard InChI is InChI=1S/C14H16N4O2S/c1-3-8-19-9-10-20-12-6-4-11(5-7-12)13-16-17-14(21-2)18(13)15/h1,4-7H,8-10,15H2,2H3. The fourth-order valence-corrected chi connectivity index (χ4v) is 2.07. The zero-order chi connectivity index (χ0) is 15.1. The molecule has 0 aliphatic carbocycles. The average molecular weight is 304 g/mol. The second-order valence-corrected chi connectivity index (χ2v) is 4.78. The highest BCUT2D eigenvalue weighted by Crippen LogP contribution is 2.22. The minimum Gasteiger partial charge on any atom is -0.491 e. The fraction of sp³-hybridized carbons (Fsp3) is 0.286. The van der Waals surface area contributed by atoms with Crippen molar-refractivity contribution in [3.8, 4) is 29.5 Å². The molecular weight excluding hydrogens is 288 g/mol. The van der Waals surface area contributed by atoms with Gasteiger partial charge in [0.1, 0.15) is 19.0 Å². The molecule has 0 radical (unpaired) electrons. The summed E-state index contributed by atoms with van der Waals surface area (Å²) in [5.74, 6) is 9.68. The van der Waals surface area contributed by atoms with Gasteiger partial charge in [0, 0.05) is 5.56 Å². The molecule has 0 bridgehead atoms. The molecule has 110 valence electrons. The quantitative estimate of drug-likeness (QED) is 0.361. The van der Waals surface area contributed by atoms with Crippen molar-refractivity contribution in [2.45, 2.75) is 5.16 Å². The van der Waals surface area contributed by atoms with Crippen molar-refractivity contribution in [1.29, 1.82) is 0 Å². The Kier molecular flexibility index (Phi) is 5.49. The first-order valence-corrected chi connectivity index (χ1v) is 7.47. The van der Waals surface area contributed by atoms with Gasteiger partial charge in [0.25, 0.3) is 0 Å². The molecule has 2 aromatic rings. The Morgan fingerprint density at radius 3 is 2.67 bits per heavy atom. The largest absolute Gasteiger partial charge is 0.491 e. The van der Waals surface area contributed by atoms with E-state index in [2.05, 4.69) is 16.1 Å². The Labute approximate surface area is 127 Å². The van der Waals surface area contributed by atoms with E-state index in [1.165, 1.54) is 16.4 Å². The number of ether oxygens (including phenoxy) is 2. The Balaban J connectivity index is 1.95. The van der Waals surface area contributed by atoms with Crippen molar-refractivity contribution in [2.75, 3.05) is 31.9 Å². The topological polar surface area (TPSA) is 75.2 Å². The van der Waals surface area contributed by atoms with Gasteiger partial charge in [-0.1, -0.05) is 17.7 Å². The molecule has 7 heteroatoms. The van der Waals surface area contributed by atoms with E-state index >= 15 is 0 Å². The zero-order valence-electron chi connectivity index (χ0n) is 11.7. The van der Waals surface area contributed by atoms with E-state index in [1.54, 1.807) is 0 Å². The Bertz CT molecular complexity index is 619. The molecule has 2 rings (SSSR count). The summed E-state index contributed by atoms with van der Waals surface area (Å²) < 4.78 is 12.1. The average Bonchev–Trinajstić information content (AvgIpc) is 2.88. The van der Waals surface area contributed by atoms with Gasteiger partial charge in [-0.25, -0.2) is 4.68 Å². The third-order valence-electron chi connectivity index (χ3n) is 2.64. The van der Waals surface area contributed by atoms with Gasteiger partial charge in [0.15, 0.2) is 5.82 Å². The lowest BCUT2D eigenvalue weighted by atomic mass is 10.2. The van der Waals surface area contributed by atoms with Crippen LogP contribution in [0.5, 0.6) is 5.75 Å². The summed E-state index contributed by atoms with van der Waals surface area (Å²) in [6.07, 6.45) is 6.98. The number of nitrogens with zero attached hydrogens (tertiary/aromatic N) is 3. The van der Waals surface area contributed by atoms with E-state index in [9.17, 15) is 0 Å². The van der Waals surface area contributed by atoms with Crippen LogP contribution in [0, 0.1) is 12.3 Å². The van der Waals surface area contributed by atoms with Crippen LogP contribution in [0.15, 0.2) is 29.4 Å². The molecule has 2 N–H and O–H groups in total. The molecule has 0 aliphatic heterocycles. The van der Waals surface area contributed by atoms with Crippen LogP contribution in [0.4, 0.5) is 0 Å². The molecule has 6 nitrogen and oxygen atoms in total. The maximum Gasteiger partial charge on any atom is 0.209 e. The minimum atomic E-state index is 0.298. The molecule has 0 atom stereocenters. The molecule has 0 unspecified atom stereocenters. The van der Waals surface area contributed by atoms with E-state index in [0.717, 1.165) is 11.3 Å². The molecule has 1 aromatic carbocycles. The van der Waals surface area contributed by atoms with E-state index in [0.29, 0.717) is 30.8 Å². The number of aromatic nitrogens is 3. The molecule has 21 heavy (non-hydrogen) atoms. The van der Waals surface area contributed by atoms with E-state index in [4.69, 9.17) is 21.7 Å². The zero-order valence-corrected chi connectivity index (χ0v) is 12.5. The van der Waals surface area contributed by atoms with Crippen LogP contribution in [0.2, 0.25) is 0 Å². The normalized spacial score (nSPS) is 10.3. The third-order valence-corrected chi connectivity index (χ3v) is 3.28. The van der Waals surface area contributed by atoms with Crippen LogP contribution in [0.25, 0.3) is 11.4 Å². The lowest BCUT2D eigenvalue weighted by molar-refractivity contribution is 0.124. The highest BCUT2D eigenvalue weighted by atomic mass is 32.2. The number of hydrogen-bond acceptors (Lipinski definition) is 6. The predicted octanol–water partition coefficient (Wildman–Crippen LogP) is 1.41. The summed E-state index contributed by atoms with van der Waals surface area (Å²) in [7, 11) is 0. The summed E-state index contributed by atoms with van der Waals surface area (Å²) in [5.41, 5.74) is 0.876. The number of nitrogen functional groups attached to an aromatic ring is 1. The van der Waals surface area contributed by atoms with Gasteiger partial charge >= 0.3 is 0 Å². The molecule has 0 saturated carbocycles. The Morgan fingerprint density at radius 1 is 1.29 bits per heavy atom. The highest BCUT2D eigenvalue weighted by molar-refractivity contribution is 7.98. The first kappa shape index (κ1) is 15.2. The van der Waals surface area contributed by atoms with E-state index < -0.39 is 0 Å². The SMILES string of the molecule is C#CCOCCOc1ccc(-c2nnc(SC)n2N)cc1. The number of nitrogens with two attached hydrogens (primary N) is 1. The van der Waals surface area contributed by atoms with Crippen molar-refractivity contribution in [3.05, 3.63) is 24.3 Å².